The van der Waals surface area contributed by atoms with Crippen LogP contribution in [0.3, 0.4) is 0 Å². The number of ether oxygens (including phenoxy) is 1. The van der Waals surface area contributed by atoms with Gasteiger partial charge in [0.1, 0.15) is 12.1 Å². The Morgan fingerprint density at radius 2 is 2.16 bits per heavy atom. The number of hydrogen-bond acceptors (Lipinski definition) is 6. The van der Waals surface area contributed by atoms with E-state index in [0.717, 1.165) is 47.1 Å². The molecule has 0 spiro atoms. The maximum absolute atomic E-state index is 5.80. The van der Waals surface area contributed by atoms with E-state index in [1.54, 1.807) is 24.9 Å². The Morgan fingerprint density at radius 3 is 3.04 bits per heavy atom. The van der Waals surface area contributed by atoms with Crippen LogP contribution in [0, 0.1) is 5.92 Å². The molecule has 0 radical (unpaired) electrons. The number of halogens is 1. The molecule has 1 aliphatic heterocycles. The maximum atomic E-state index is 5.80. The average molecular weight is 400 g/mol. The lowest BCUT2D eigenvalue weighted by atomic mass is 9.98. The highest BCUT2D eigenvalue weighted by molar-refractivity contribution is 9.10. The zero-order valence-electron chi connectivity index (χ0n) is 13.7. The lowest BCUT2D eigenvalue weighted by molar-refractivity contribution is 0.221. The standard InChI is InChI=1S/C18H18BrN5O/c19-14-3-4-16-15(8-14)18(23-12-22-16)24-7-1-2-13(10-24)11-25-17-9-20-5-6-21-17/h3-6,8-9,12-13H,1-2,7,10-11H2. The minimum atomic E-state index is 0.438. The van der Waals surface area contributed by atoms with Gasteiger partial charge in [0, 0.05) is 41.3 Å². The highest BCUT2D eigenvalue weighted by Crippen LogP contribution is 2.29. The third-order valence-corrected chi connectivity index (χ3v) is 4.89. The quantitative estimate of drug-likeness (QED) is 0.668. The van der Waals surface area contributed by atoms with E-state index >= 15 is 0 Å². The van der Waals surface area contributed by atoms with Gasteiger partial charge >= 0.3 is 0 Å². The van der Waals surface area contributed by atoms with Crippen molar-refractivity contribution in [3.63, 3.8) is 0 Å². The van der Waals surface area contributed by atoms with Crippen LogP contribution in [-0.2, 0) is 0 Å². The highest BCUT2D eigenvalue weighted by atomic mass is 79.9. The van der Waals surface area contributed by atoms with Gasteiger partial charge in [0.15, 0.2) is 0 Å². The van der Waals surface area contributed by atoms with E-state index in [1.807, 2.05) is 12.1 Å². The summed E-state index contributed by atoms with van der Waals surface area (Å²) in [5.74, 6) is 2.01. The van der Waals surface area contributed by atoms with Gasteiger partial charge in [0.2, 0.25) is 5.88 Å². The Hall–Kier alpha value is -2.28. The van der Waals surface area contributed by atoms with Gasteiger partial charge < -0.3 is 9.64 Å². The molecule has 0 saturated carbocycles. The number of anilines is 1. The van der Waals surface area contributed by atoms with Crippen molar-refractivity contribution < 1.29 is 4.74 Å². The Labute approximate surface area is 154 Å². The number of aromatic nitrogens is 4. The van der Waals surface area contributed by atoms with Crippen molar-refractivity contribution in [3.05, 3.63) is 47.6 Å². The molecule has 1 aromatic carbocycles. The van der Waals surface area contributed by atoms with Gasteiger partial charge in [0.05, 0.1) is 18.3 Å². The van der Waals surface area contributed by atoms with E-state index in [4.69, 9.17) is 4.74 Å². The Bertz CT molecular complexity index is 860. The van der Waals surface area contributed by atoms with Crippen molar-refractivity contribution in [3.8, 4) is 5.88 Å². The van der Waals surface area contributed by atoms with Crippen molar-refractivity contribution >= 4 is 32.7 Å². The molecule has 1 saturated heterocycles. The molecule has 7 heteroatoms. The second-order valence-corrected chi connectivity index (χ2v) is 7.08. The zero-order valence-corrected chi connectivity index (χ0v) is 15.3. The van der Waals surface area contributed by atoms with E-state index in [9.17, 15) is 0 Å². The molecule has 1 unspecified atom stereocenters. The minimum absolute atomic E-state index is 0.438. The summed E-state index contributed by atoms with van der Waals surface area (Å²) in [4.78, 5) is 19.5. The molecule has 0 aliphatic carbocycles. The zero-order chi connectivity index (χ0) is 17.1. The van der Waals surface area contributed by atoms with E-state index < -0.39 is 0 Å². The van der Waals surface area contributed by atoms with Crippen LogP contribution < -0.4 is 9.64 Å². The summed E-state index contributed by atoms with van der Waals surface area (Å²) in [6.45, 7) is 2.56. The van der Waals surface area contributed by atoms with Crippen molar-refractivity contribution in [1.82, 2.24) is 19.9 Å². The van der Waals surface area contributed by atoms with Crippen LogP contribution in [0.1, 0.15) is 12.8 Å². The summed E-state index contributed by atoms with van der Waals surface area (Å²) in [7, 11) is 0. The third-order valence-electron chi connectivity index (χ3n) is 4.40. The van der Waals surface area contributed by atoms with E-state index in [-0.39, 0.29) is 0 Å². The Morgan fingerprint density at radius 1 is 1.20 bits per heavy atom. The van der Waals surface area contributed by atoms with Crippen molar-refractivity contribution in [2.75, 3.05) is 24.6 Å². The summed E-state index contributed by atoms with van der Waals surface area (Å²) in [5.41, 5.74) is 0.964. The fourth-order valence-electron chi connectivity index (χ4n) is 3.22. The van der Waals surface area contributed by atoms with Crippen LogP contribution in [0.15, 0.2) is 47.6 Å². The van der Waals surface area contributed by atoms with Gasteiger partial charge in [-0.2, -0.15) is 0 Å². The molecule has 0 bridgehead atoms. The van der Waals surface area contributed by atoms with Crippen molar-refractivity contribution in [1.29, 1.82) is 0 Å². The first-order valence-electron chi connectivity index (χ1n) is 8.33. The summed E-state index contributed by atoms with van der Waals surface area (Å²) in [6.07, 6.45) is 8.85. The lowest BCUT2D eigenvalue weighted by Gasteiger charge is -2.33. The van der Waals surface area contributed by atoms with Crippen LogP contribution in [0.25, 0.3) is 10.9 Å². The summed E-state index contributed by atoms with van der Waals surface area (Å²) >= 11 is 3.55. The van der Waals surface area contributed by atoms with Gasteiger partial charge in [-0.3, -0.25) is 4.98 Å². The molecule has 6 nitrogen and oxygen atoms in total. The fourth-order valence-corrected chi connectivity index (χ4v) is 3.58. The van der Waals surface area contributed by atoms with Gasteiger partial charge in [-0.1, -0.05) is 15.9 Å². The normalized spacial score (nSPS) is 17.6. The third kappa shape index (κ3) is 3.71. The molecule has 4 rings (SSSR count). The number of fused-ring (bicyclic) bond motifs is 1. The second kappa shape index (κ2) is 7.31. The molecule has 2 aromatic heterocycles. The first-order chi connectivity index (χ1) is 12.3. The lowest BCUT2D eigenvalue weighted by Crippen LogP contribution is -2.38. The van der Waals surface area contributed by atoms with Gasteiger partial charge in [-0.15, -0.1) is 0 Å². The predicted octanol–water partition coefficient (Wildman–Crippen LogP) is 3.48. The number of hydrogen-bond donors (Lipinski definition) is 0. The number of piperidine rings is 1. The van der Waals surface area contributed by atoms with E-state index in [0.29, 0.717) is 18.4 Å². The molecule has 3 aromatic rings. The fraction of sp³-hybridized carbons (Fsp3) is 0.333. The number of rotatable bonds is 4. The molecule has 1 aliphatic rings. The van der Waals surface area contributed by atoms with E-state index in [1.165, 1.54) is 0 Å². The molecule has 0 amide bonds. The predicted molar refractivity (Wildman–Crippen MR) is 99.7 cm³/mol. The minimum Gasteiger partial charge on any atom is -0.476 e. The molecular formula is C18H18BrN5O. The topological polar surface area (TPSA) is 64.0 Å². The molecule has 128 valence electrons. The molecular weight excluding hydrogens is 382 g/mol. The SMILES string of the molecule is Brc1ccc2ncnc(N3CCCC(COc4cnccn4)C3)c2c1. The smallest absolute Gasteiger partial charge is 0.232 e. The van der Waals surface area contributed by atoms with Crippen LogP contribution in [0.2, 0.25) is 0 Å². The largest absolute Gasteiger partial charge is 0.476 e. The highest BCUT2D eigenvalue weighted by Gasteiger charge is 2.23. The van der Waals surface area contributed by atoms with E-state index in [2.05, 4.69) is 46.8 Å². The summed E-state index contributed by atoms with van der Waals surface area (Å²) < 4.78 is 6.83. The second-order valence-electron chi connectivity index (χ2n) is 6.17. The molecule has 25 heavy (non-hydrogen) atoms. The number of nitrogens with zero attached hydrogens (tertiary/aromatic N) is 5. The maximum Gasteiger partial charge on any atom is 0.232 e. The van der Waals surface area contributed by atoms with Crippen molar-refractivity contribution in [2.45, 2.75) is 12.8 Å². The molecule has 1 atom stereocenters. The monoisotopic (exact) mass is 399 g/mol. The molecule has 3 heterocycles. The first kappa shape index (κ1) is 16.2. The average Bonchev–Trinajstić information content (AvgIpc) is 2.67. The van der Waals surface area contributed by atoms with Gasteiger partial charge in [-0.05, 0) is 31.0 Å². The van der Waals surface area contributed by atoms with Crippen LogP contribution in [0.4, 0.5) is 5.82 Å². The number of benzene rings is 1. The first-order valence-corrected chi connectivity index (χ1v) is 9.13. The van der Waals surface area contributed by atoms with Gasteiger partial charge in [-0.25, -0.2) is 15.0 Å². The summed E-state index contributed by atoms with van der Waals surface area (Å²) in [6, 6.07) is 6.11. The van der Waals surface area contributed by atoms with Crippen LogP contribution >= 0.6 is 15.9 Å². The Balaban J connectivity index is 1.50. The molecule has 0 N–H and O–H groups in total. The van der Waals surface area contributed by atoms with Gasteiger partial charge in [0.25, 0.3) is 0 Å². The van der Waals surface area contributed by atoms with Crippen LogP contribution in [-0.4, -0.2) is 39.6 Å². The summed E-state index contributed by atoms with van der Waals surface area (Å²) in [5, 5.41) is 1.08. The van der Waals surface area contributed by atoms with Crippen LogP contribution in [0.5, 0.6) is 5.88 Å². The van der Waals surface area contributed by atoms with Crippen molar-refractivity contribution in [2.24, 2.45) is 5.92 Å². The molecule has 1 fully saturated rings. The Kier molecular flexibility index (Phi) is 4.74.